The highest BCUT2D eigenvalue weighted by Crippen LogP contribution is 2.06. The molecule has 12 heavy (non-hydrogen) atoms. The van der Waals surface area contributed by atoms with Crippen LogP contribution in [0.4, 0.5) is 0 Å². The van der Waals surface area contributed by atoms with Gasteiger partial charge in [0.25, 0.3) is 5.91 Å². The van der Waals surface area contributed by atoms with Crippen molar-refractivity contribution >= 4 is 5.91 Å². The van der Waals surface area contributed by atoms with E-state index in [9.17, 15) is 4.79 Å². The number of nitrogens with zero attached hydrogens (tertiary/aromatic N) is 2. The minimum absolute atomic E-state index is 0.277. The number of aromatic nitrogens is 1. The second-order valence-corrected chi connectivity index (χ2v) is 2.33. The smallest absolute Gasteiger partial charge is 0.299 e. The van der Waals surface area contributed by atoms with E-state index in [1.165, 1.54) is 20.4 Å². The lowest BCUT2D eigenvalue weighted by atomic mass is 10.3. The quantitative estimate of drug-likeness (QED) is 0.610. The zero-order valence-corrected chi connectivity index (χ0v) is 7.20. The van der Waals surface area contributed by atoms with Crippen molar-refractivity contribution in [3.8, 4) is 0 Å². The molecule has 1 rings (SSSR count). The lowest BCUT2D eigenvalue weighted by Gasteiger charge is -2.11. The number of carbonyl (C=O) groups is 1. The largest absolute Gasteiger partial charge is 0.364 e. The fraction of sp³-hybridized carbons (Fsp3) is 0.429. The van der Waals surface area contributed by atoms with Gasteiger partial charge in [-0.2, -0.15) is 0 Å². The van der Waals surface area contributed by atoms with Crippen LogP contribution in [-0.2, 0) is 4.84 Å². The summed E-state index contributed by atoms with van der Waals surface area (Å²) in [5.74, 6) is -0.316. The van der Waals surface area contributed by atoms with Crippen LogP contribution in [0.3, 0.4) is 0 Å². The minimum Gasteiger partial charge on any atom is -0.364 e. The van der Waals surface area contributed by atoms with E-state index in [0.717, 1.165) is 5.06 Å². The Morgan fingerprint density at radius 2 is 2.42 bits per heavy atom. The molecule has 0 fully saturated rings. The maximum atomic E-state index is 11.3. The van der Waals surface area contributed by atoms with Gasteiger partial charge >= 0.3 is 0 Å². The maximum absolute atomic E-state index is 11.3. The topological polar surface area (TPSA) is 55.6 Å². The molecule has 1 heterocycles. The zero-order valence-electron chi connectivity index (χ0n) is 7.20. The predicted molar refractivity (Wildman–Crippen MR) is 40.3 cm³/mol. The van der Waals surface area contributed by atoms with Crippen molar-refractivity contribution in [3.63, 3.8) is 0 Å². The van der Waals surface area contributed by atoms with E-state index in [2.05, 4.69) is 9.68 Å². The first-order chi connectivity index (χ1) is 5.66. The van der Waals surface area contributed by atoms with Crippen LogP contribution in [0.15, 0.2) is 10.8 Å². The van der Waals surface area contributed by atoms with Crippen LogP contribution in [0.2, 0.25) is 0 Å². The van der Waals surface area contributed by atoms with Crippen molar-refractivity contribution in [2.45, 2.75) is 6.92 Å². The van der Waals surface area contributed by atoms with Crippen LogP contribution in [0.25, 0.3) is 0 Å². The van der Waals surface area contributed by atoms with Crippen molar-refractivity contribution in [1.29, 1.82) is 0 Å². The van der Waals surface area contributed by atoms with Gasteiger partial charge in [0.1, 0.15) is 6.26 Å². The molecule has 0 atom stereocenters. The number of amides is 1. The van der Waals surface area contributed by atoms with Gasteiger partial charge in [-0.05, 0) is 6.92 Å². The highest BCUT2D eigenvalue weighted by Gasteiger charge is 2.17. The molecule has 1 aromatic rings. The van der Waals surface area contributed by atoms with Crippen molar-refractivity contribution < 1.29 is 14.2 Å². The summed E-state index contributed by atoms with van der Waals surface area (Å²) in [4.78, 5) is 16.0. The fourth-order valence-electron chi connectivity index (χ4n) is 0.726. The number of hydrogen-bond acceptors (Lipinski definition) is 4. The summed E-state index contributed by atoms with van der Waals surface area (Å²) in [6.07, 6.45) is 1.41. The van der Waals surface area contributed by atoms with Gasteiger partial charge in [-0.15, -0.1) is 0 Å². The first kappa shape index (κ1) is 8.73. The average Bonchev–Trinajstić information content (AvgIpc) is 2.48. The molecule has 0 aromatic carbocycles. The summed E-state index contributed by atoms with van der Waals surface area (Å²) in [6.45, 7) is 1.74. The van der Waals surface area contributed by atoms with Gasteiger partial charge in [0, 0.05) is 12.6 Å². The van der Waals surface area contributed by atoms with E-state index in [1.54, 1.807) is 6.92 Å². The third kappa shape index (κ3) is 1.45. The molecule has 0 saturated heterocycles. The number of hydrogen-bond donors (Lipinski definition) is 0. The maximum Gasteiger partial charge on any atom is 0.299 e. The first-order valence-corrected chi connectivity index (χ1v) is 3.40. The molecule has 0 N–H and O–H groups in total. The number of rotatable bonds is 2. The Bertz CT molecular complexity index is 282. The van der Waals surface area contributed by atoms with Crippen LogP contribution in [-0.4, -0.2) is 30.3 Å². The Morgan fingerprint density at radius 1 is 1.75 bits per heavy atom. The molecule has 0 radical (unpaired) electrons. The molecular weight excluding hydrogens is 160 g/mol. The Kier molecular flexibility index (Phi) is 2.44. The monoisotopic (exact) mass is 170 g/mol. The fourth-order valence-corrected chi connectivity index (χ4v) is 0.726. The van der Waals surface area contributed by atoms with Gasteiger partial charge in [-0.3, -0.25) is 9.63 Å². The molecule has 5 nitrogen and oxygen atoms in total. The second kappa shape index (κ2) is 3.36. The third-order valence-corrected chi connectivity index (χ3v) is 1.51. The van der Waals surface area contributed by atoms with Gasteiger partial charge in [-0.25, -0.2) is 5.06 Å². The van der Waals surface area contributed by atoms with Gasteiger partial charge < -0.3 is 4.52 Å². The SMILES string of the molecule is CON(C)C(=O)c1nocc1C. The van der Waals surface area contributed by atoms with Crippen LogP contribution in [0, 0.1) is 6.92 Å². The highest BCUT2D eigenvalue weighted by molar-refractivity contribution is 5.92. The third-order valence-electron chi connectivity index (χ3n) is 1.51. The normalized spacial score (nSPS) is 9.92. The molecule has 0 unspecified atom stereocenters. The van der Waals surface area contributed by atoms with Crippen molar-refractivity contribution in [1.82, 2.24) is 10.2 Å². The Hall–Kier alpha value is -1.36. The lowest BCUT2D eigenvalue weighted by molar-refractivity contribution is -0.0762. The molecule has 1 aromatic heterocycles. The standard InChI is InChI=1S/C7H10N2O3/c1-5-4-12-8-6(5)7(10)9(2)11-3/h4H,1-3H3. The van der Waals surface area contributed by atoms with Gasteiger partial charge in [0.2, 0.25) is 0 Å². The predicted octanol–water partition coefficient (Wildman–Crippen LogP) is 0.616. The summed E-state index contributed by atoms with van der Waals surface area (Å²) in [6, 6.07) is 0. The summed E-state index contributed by atoms with van der Waals surface area (Å²) >= 11 is 0. The molecule has 0 aliphatic heterocycles. The molecule has 5 heteroatoms. The van der Waals surface area contributed by atoms with Crippen molar-refractivity contribution in [3.05, 3.63) is 17.5 Å². The Morgan fingerprint density at radius 3 is 2.83 bits per heavy atom. The Labute approximate surface area is 69.8 Å². The molecule has 0 aliphatic rings. The van der Waals surface area contributed by atoms with Gasteiger partial charge in [0.15, 0.2) is 5.69 Å². The molecule has 0 bridgehead atoms. The van der Waals surface area contributed by atoms with Crippen LogP contribution < -0.4 is 0 Å². The average molecular weight is 170 g/mol. The summed E-state index contributed by atoms with van der Waals surface area (Å²) in [7, 11) is 2.92. The second-order valence-electron chi connectivity index (χ2n) is 2.33. The van der Waals surface area contributed by atoms with Crippen LogP contribution in [0.5, 0.6) is 0 Å². The number of carbonyl (C=O) groups excluding carboxylic acids is 1. The van der Waals surface area contributed by atoms with Gasteiger partial charge in [-0.1, -0.05) is 5.16 Å². The van der Waals surface area contributed by atoms with E-state index in [0.29, 0.717) is 5.56 Å². The van der Waals surface area contributed by atoms with Crippen molar-refractivity contribution in [2.75, 3.05) is 14.2 Å². The molecule has 0 spiro atoms. The highest BCUT2D eigenvalue weighted by atomic mass is 16.7. The number of aryl methyl sites for hydroxylation is 1. The molecule has 0 saturated carbocycles. The minimum atomic E-state index is -0.316. The summed E-state index contributed by atoms with van der Waals surface area (Å²) in [5, 5.41) is 4.63. The summed E-state index contributed by atoms with van der Waals surface area (Å²) in [5.41, 5.74) is 0.975. The van der Waals surface area contributed by atoms with Crippen molar-refractivity contribution in [2.24, 2.45) is 0 Å². The van der Waals surface area contributed by atoms with E-state index in [-0.39, 0.29) is 11.6 Å². The zero-order chi connectivity index (χ0) is 9.14. The molecular formula is C7H10N2O3. The van der Waals surface area contributed by atoms with E-state index < -0.39 is 0 Å². The Balaban J connectivity index is 2.85. The molecule has 66 valence electrons. The van der Waals surface area contributed by atoms with E-state index in [1.807, 2.05) is 0 Å². The molecule has 1 amide bonds. The van der Waals surface area contributed by atoms with Crippen LogP contribution in [0.1, 0.15) is 16.1 Å². The molecule has 0 aliphatic carbocycles. The lowest BCUT2D eigenvalue weighted by Crippen LogP contribution is -2.26. The first-order valence-electron chi connectivity index (χ1n) is 3.40. The van der Waals surface area contributed by atoms with E-state index >= 15 is 0 Å². The number of hydroxylamine groups is 2. The van der Waals surface area contributed by atoms with Crippen LogP contribution >= 0.6 is 0 Å². The van der Waals surface area contributed by atoms with E-state index in [4.69, 9.17) is 4.84 Å². The summed E-state index contributed by atoms with van der Waals surface area (Å²) < 4.78 is 4.61. The van der Waals surface area contributed by atoms with Gasteiger partial charge in [0.05, 0.1) is 7.11 Å².